The zero-order chi connectivity index (χ0) is 11.5. The van der Waals surface area contributed by atoms with Gasteiger partial charge in [0.05, 0.1) is 0 Å². The van der Waals surface area contributed by atoms with Gasteiger partial charge >= 0.3 is 5.97 Å². The number of nitrogens with zero attached hydrogens (tertiary/aromatic N) is 1. The topological polar surface area (TPSA) is 40.5 Å². The molecule has 0 amide bonds. The molecule has 1 aliphatic rings. The number of benzene rings is 1. The third-order valence-corrected chi connectivity index (χ3v) is 2.87. The van der Waals surface area contributed by atoms with Gasteiger partial charge in [0.15, 0.2) is 0 Å². The molecule has 4 heteroatoms. The number of carboxylic acids is 1. The number of hydrogen-bond acceptors (Lipinski definition) is 2. The Bertz CT molecular complexity index is 369. The van der Waals surface area contributed by atoms with Crippen LogP contribution in [0, 0.1) is 0 Å². The first kappa shape index (κ1) is 11.1. The molecule has 0 saturated carbocycles. The summed E-state index contributed by atoms with van der Waals surface area (Å²) in [4.78, 5) is 12.6. The first-order valence-corrected chi connectivity index (χ1v) is 5.31. The second kappa shape index (κ2) is 4.61. The van der Waals surface area contributed by atoms with E-state index in [0.717, 1.165) is 5.56 Å². The van der Waals surface area contributed by atoms with E-state index in [1.54, 1.807) is 4.90 Å². The quantitative estimate of drug-likeness (QED) is 0.847. The molecule has 0 radical (unpaired) electrons. The maximum atomic E-state index is 13.2. The summed E-state index contributed by atoms with van der Waals surface area (Å²) in [6.07, 6.45) is -0.924. The summed E-state index contributed by atoms with van der Waals surface area (Å²) in [6, 6.07) is 8.85. The molecule has 0 aromatic heterocycles. The van der Waals surface area contributed by atoms with E-state index in [4.69, 9.17) is 5.11 Å². The van der Waals surface area contributed by atoms with Crippen LogP contribution in [0.5, 0.6) is 0 Å². The highest BCUT2D eigenvalue weighted by molar-refractivity contribution is 5.74. The third kappa shape index (κ3) is 2.39. The van der Waals surface area contributed by atoms with Gasteiger partial charge in [0, 0.05) is 19.5 Å². The summed E-state index contributed by atoms with van der Waals surface area (Å²) < 4.78 is 13.2. The highest BCUT2D eigenvalue weighted by Crippen LogP contribution is 2.22. The Morgan fingerprint density at radius 2 is 2.12 bits per heavy atom. The van der Waals surface area contributed by atoms with Crippen molar-refractivity contribution in [3.05, 3.63) is 35.9 Å². The van der Waals surface area contributed by atoms with Crippen molar-refractivity contribution in [2.75, 3.05) is 6.54 Å². The number of likely N-dealkylation sites (tertiary alicyclic amines) is 1. The molecule has 1 heterocycles. The lowest BCUT2D eigenvalue weighted by Crippen LogP contribution is -2.35. The smallest absolute Gasteiger partial charge is 0.321 e. The van der Waals surface area contributed by atoms with Gasteiger partial charge < -0.3 is 5.11 Å². The minimum absolute atomic E-state index is 0.0994. The Balaban J connectivity index is 2.06. The van der Waals surface area contributed by atoms with Crippen LogP contribution in [-0.2, 0) is 11.3 Å². The van der Waals surface area contributed by atoms with Crippen molar-refractivity contribution in [3.63, 3.8) is 0 Å². The Kier molecular flexibility index (Phi) is 3.19. The van der Waals surface area contributed by atoms with Crippen molar-refractivity contribution in [2.24, 2.45) is 0 Å². The molecule has 0 unspecified atom stereocenters. The number of halogens is 1. The average molecular weight is 223 g/mol. The van der Waals surface area contributed by atoms with E-state index < -0.39 is 18.2 Å². The molecule has 1 aromatic carbocycles. The lowest BCUT2D eigenvalue weighted by molar-refractivity contribution is -0.142. The third-order valence-electron chi connectivity index (χ3n) is 2.87. The van der Waals surface area contributed by atoms with Crippen LogP contribution in [0.2, 0.25) is 0 Å². The molecule has 2 rings (SSSR count). The highest BCUT2D eigenvalue weighted by Gasteiger charge is 2.36. The predicted molar refractivity (Wildman–Crippen MR) is 57.8 cm³/mol. The van der Waals surface area contributed by atoms with E-state index in [0.29, 0.717) is 6.54 Å². The van der Waals surface area contributed by atoms with Gasteiger partial charge in [0.25, 0.3) is 0 Å². The monoisotopic (exact) mass is 223 g/mol. The van der Waals surface area contributed by atoms with Gasteiger partial charge in [-0.05, 0) is 5.56 Å². The van der Waals surface area contributed by atoms with E-state index in [2.05, 4.69) is 0 Å². The second-order valence-corrected chi connectivity index (χ2v) is 4.10. The van der Waals surface area contributed by atoms with Crippen LogP contribution >= 0.6 is 0 Å². The SMILES string of the molecule is O=C(O)[C@H]1C[C@H](F)CN1Cc1ccccc1. The minimum atomic E-state index is -1.02. The van der Waals surface area contributed by atoms with Gasteiger partial charge in [-0.25, -0.2) is 4.39 Å². The van der Waals surface area contributed by atoms with Crippen LogP contribution in [-0.4, -0.2) is 34.7 Å². The number of rotatable bonds is 3. The molecular weight excluding hydrogens is 209 g/mol. The summed E-state index contributed by atoms with van der Waals surface area (Å²) in [6.45, 7) is 0.712. The first-order valence-electron chi connectivity index (χ1n) is 5.31. The largest absolute Gasteiger partial charge is 0.480 e. The summed E-state index contributed by atoms with van der Waals surface area (Å²) >= 11 is 0. The standard InChI is InChI=1S/C12H14FNO2/c13-10-6-11(12(15)16)14(8-10)7-9-4-2-1-3-5-9/h1-5,10-11H,6-8H2,(H,15,16)/t10-,11+/m0/s1. The molecule has 0 aliphatic carbocycles. The summed E-state index contributed by atoms with van der Waals surface area (Å²) in [7, 11) is 0. The fraction of sp³-hybridized carbons (Fsp3) is 0.417. The molecule has 1 N–H and O–H groups in total. The van der Waals surface area contributed by atoms with Crippen LogP contribution in [0.15, 0.2) is 30.3 Å². The summed E-state index contributed by atoms with van der Waals surface area (Å²) in [5.74, 6) is -0.934. The van der Waals surface area contributed by atoms with Gasteiger partial charge in [0.2, 0.25) is 0 Å². The Morgan fingerprint density at radius 1 is 1.44 bits per heavy atom. The molecule has 3 nitrogen and oxygen atoms in total. The molecule has 1 aliphatic heterocycles. The normalized spacial score (nSPS) is 25.8. The van der Waals surface area contributed by atoms with Crippen molar-refractivity contribution in [3.8, 4) is 0 Å². The van der Waals surface area contributed by atoms with E-state index in [-0.39, 0.29) is 13.0 Å². The van der Waals surface area contributed by atoms with E-state index >= 15 is 0 Å². The zero-order valence-corrected chi connectivity index (χ0v) is 8.84. The number of aliphatic carboxylic acids is 1. The van der Waals surface area contributed by atoms with Gasteiger partial charge in [-0.3, -0.25) is 9.69 Å². The van der Waals surface area contributed by atoms with E-state index in [1.807, 2.05) is 30.3 Å². The van der Waals surface area contributed by atoms with Crippen LogP contribution in [0.25, 0.3) is 0 Å². The molecule has 1 aromatic rings. The fourth-order valence-corrected chi connectivity index (χ4v) is 2.10. The Hall–Kier alpha value is -1.42. The molecule has 0 bridgehead atoms. The lowest BCUT2D eigenvalue weighted by atomic mass is 10.2. The van der Waals surface area contributed by atoms with Gasteiger partial charge in [-0.1, -0.05) is 30.3 Å². The number of carbonyl (C=O) groups is 1. The van der Waals surface area contributed by atoms with Gasteiger partial charge in [-0.2, -0.15) is 0 Å². The van der Waals surface area contributed by atoms with Gasteiger partial charge in [0.1, 0.15) is 12.2 Å². The van der Waals surface area contributed by atoms with Crippen LogP contribution in [0.4, 0.5) is 4.39 Å². The molecular formula is C12H14FNO2. The van der Waals surface area contributed by atoms with Crippen molar-refractivity contribution in [2.45, 2.75) is 25.2 Å². The number of alkyl halides is 1. The molecule has 16 heavy (non-hydrogen) atoms. The highest BCUT2D eigenvalue weighted by atomic mass is 19.1. The van der Waals surface area contributed by atoms with Crippen molar-refractivity contribution in [1.82, 2.24) is 4.90 Å². The maximum absolute atomic E-state index is 13.2. The summed E-state index contributed by atoms with van der Waals surface area (Å²) in [5.41, 5.74) is 1.02. The second-order valence-electron chi connectivity index (χ2n) is 4.10. The van der Waals surface area contributed by atoms with Gasteiger partial charge in [-0.15, -0.1) is 0 Å². The maximum Gasteiger partial charge on any atom is 0.321 e. The number of hydrogen-bond donors (Lipinski definition) is 1. The molecule has 0 spiro atoms. The lowest BCUT2D eigenvalue weighted by Gasteiger charge is -2.20. The van der Waals surface area contributed by atoms with E-state index in [1.165, 1.54) is 0 Å². The van der Waals surface area contributed by atoms with Crippen molar-refractivity contribution >= 4 is 5.97 Å². The molecule has 1 saturated heterocycles. The molecule has 86 valence electrons. The molecule has 2 atom stereocenters. The average Bonchev–Trinajstić information content (AvgIpc) is 2.61. The predicted octanol–water partition coefficient (Wildman–Crippen LogP) is 1.68. The van der Waals surface area contributed by atoms with Crippen LogP contribution < -0.4 is 0 Å². The van der Waals surface area contributed by atoms with E-state index in [9.17, 15) is 9.18 Å². The Morgan fingerprint density at radius 3 is 2.75 bits per heavy atom. The van der Waals surface area contributed by atoms with Crippen LogP contribution in [0.1, 0.15) is 12.0 Å². The fourth-order valence-electron chi connectivity index (χ4n) is 2.10. The number of carboxylic acid groups (broad SMARTS) is 1. The molecule has 1 fully saturated rings. The Labute approximate surface area is 93.5 Å². The van der Waals surface area contributed by atoms with Crippen molar-refractivity contribution in [1.29, 1.82) is 0 Å². The van der Waals surface area contributed by atoms with Crippen molar-refractivity contribution < 1.29 is 14.3 Å². The van der Waals surface area contributed by atoms with Crippen LogP contribution in [0.3, 0.4) is 0 Å². The zero-order valence-electron chi connectivity index (χ0n) is 8.84. The first-order chi connectivity index (χ1) is 7.66. The summed E-state index contributed by atoms with van der Waals surface area (Å²) in [5, 5.41) is 8.97. The minimum Gasteiger partial charge on any atom is -0.480 e.